The number of Topliss-reactive ketones (excluding diaryl/α,β-unsaturated/α-hetero) is 1. The van der Waals surface area contributed by atoms with Crippen molar-refractivity contribution < 1.29 is 19.1 Å². The number of carbonyl (C=O) groups excluding carboxylic acids is 3. The van der Waals surface area contributed by atoms with E-state index in [1.54, 1.807) is 24.3 Å². The molecule has 0 aliphatic carbocycles. The molecule has 5 rings (SSSR count). The summed E-state index contributed by atoms with van der Waals surface area (Å²) in [5, 5.41) is 7.14. The van der Waals surface area contributed by atoms with Gasteiger partial charge < -0.3 is 15.0 Å². The SMILES string of the molecule is O=C(c1ccc(Cl)cc1)C1CCN(C2CCN(CC3NC(=O)C4COCCC4N3)C2=O)CC1. The minimum atomic E-state index is -0.220. The number of likely N-dealkylation sites (tertiary alicyclic amines) is 2. The van der Waals surface area contributed by atoms with Crippen LogP contribution in [0.5, 0.6) is 0 Å². The van der Waals surface area contributed by atoms with Gasteiger partial charge in [-0.1, -0.05) is 11.6 Å². The van der Waals surface area contributed by atoms with E-state index in [-0.39, 0.29) is 47.7 Å². The molecule has 4 unspecified atom stereocenters. The summed E-state index contributed by atoms with van der Waals surface area (Å²) in [6.07, 6.45) is 2.90. The van der Waals surface area contributed by atoms with Gasteiger partial charge in [-0.25, -0.2) is 0 Å². The van der Waals surface area contributed by atoms with E-state index in [4.69, 9.17) is 16.3 Å². The molecule has 33 heavy (non-hydrogen) atoms. The Morgan fingerprint density at radius 1 is 1.06 bits per heavy atom. The lowest BCUT2D eigenvalue weighted by atomic mass is 9.88. The Hall–Kier alpha value is -2.00. The average molecular weight is 475 g/mol. The number of halogens is 1. The summed E-state index contributed by atoms with van der Waals surface area (Å²) in [5.74, 6) is 0.149. The number of amides is 2. The Balaban J connectivity index is 1.12. The van der Waals surface area contributed by atoms with Gasteiger partial charge in [-0.2, -0.15) is 0 Å². The van der Waals surface area contributed by atoms with Crippen molar-refractivity contribution in [2.24, 2.45) is 11.8 Å². The maximum absolute atomic E-state index is 13.2. The monoisotopic (exact) mass is 474 g/mol. The second-order valence-electron chi connectivity index (χ2n) is 9.57. The van der Waals surface area contributed by atoms with E-state index in [1.807, 2.05) is 4.90 Å². The summed E-state index contributed by atoms with van der Waals surface area (Å²) in [4.78, 5) is 42.5. The van der Waals surface area contributed by atoms with Gasteiger partial charge in [0.25, 0.3) is 0 Å². The standard InChI is InChI=1S/C24H31ClN4O4/c25-17-3-1-15(2-4-17)22(30)16-5-9-28(10-6-16)20-7-11-29(24(20)32)13-21-26-19-8-12-33-14-18(19)23(31)27-21/h1-4,16,18-21,26H,5-14H2,(H,27,31). The van der Waals surface area contributed by atoms with E-state index in [1.165, 1.54) is 0 Å². The van der Waals surface area contributed by atoms with Crippen molar-refractivity contribution in [3.05, 3.63) is 34.9 Å². The summed E-state index contributed by atoms with van der Waals surface area (Å²) in [6.45, 7) is 3.79. The number of ether oxygens (including phenoxy) is 1. The number of benzene rings is 1. The molecule has 4 aliphatic heterocycles. The maximum Gasteiger partial charge on any atom is 0.240 e. The van der Waals surface area contributed by atoms with Crippen molar-refractivity contribution in [1.82, 2.24) is 20.4 Å². The molecule has 8 nitrogen and oxygen atoms in total. The molecule has 0 bridgehead atoms. The molecule has 4 fully saturated rings. The second-order valence-corrected chi connectivity index (χ2v) is 10.0. The molecular formula is C24H31ClN4O4. The van der Waals surface area contributed by atoms with Gasteiger partial charge in [0, 0.05) is 35.7 Å². The Morgan fingerprint density at radius 2 is 1.82 bits per heavy atom. The predicted octanol–water partition coefficient (Wildman–Crippen LogP) is 1.29. The van der Waals surface area contributed by atoms with Crippen molar-refractivity contribution in [2.45, 2.75) is 43.9 Å². The number of hydrogen-bond acceptors (Lipinski definition) is 6. The highest BCUT2D eigenvalue weighted by Crippen LogP contribution is 2.27. The van der Waals surface area contributed by atoms with Crippen molar-refractivity contribution in [3.63, 3.8) is 0 Å². The summed E-state index contributed by atoms with van der Waals surface area (Å²) in [5.41, 5.74) is 0.703. The molecule has 4 saturated heterocycles. The third-order valence-corrected chi connectivity index (χ3v) is 7.82. The first-order valence-electron chi connectivity index (χ1n) is 12.0. The lowest BCUT2D eigenvalue weighted by Gasteiger charge is -2.41. The number of fused-ring (bicyclic) bond motifs is 1. The molecule has 0 radical (unpaired) electrons. The zero-order valence-corrected chi connectivity index (χ0v) is 19.4. The molecule has 2 amide bonds. The smallest absolute Gasteiger partial charge is 0.240 e. The fourth-order valence-electron chi connectivity index (χ4n) is 5.66. The fraction of sp³-hybridized carbons (Fsp3) is 0.625. The van der Waals surface area contributed by atoms with E-state index in [2.05, 4.69) is 15.5 Å². The van der Waals surface area contributed by atoms with Crippen LogP contribution in [0.4, 0.5) is 0 Å². The highest BCUT2D eigenvalue weighted by molar-refractivity contribution is 6.30. The number of piperidine rings is 1. The molecule has 0 spiro atoms. The average Bonchev–Trinajstić information content (AvgIpc) is 3.19. The molecule has 0 saturated carbocycles. The third kappa shape index (κ3) is 4.80. The van der Waals surface area contributed by atoms with Crippen molar-refractivity contribution in [2.75, 3.05) is 39.4 Å². The number of rotatable bonds is 5. The van der Waals surface area contributed by atoms with Crippen LogP contribution in [-0.2, 0) is 14.3 Å². The first-order chi connectivity index (χ1) is 16.0. The van der Waals surface area contributed by atoms with Crippen molar-refractivity contribution in [1.29, 1.82) is 0 Å². The highest BCUT2D eigenvalue weighted by Gasteiger charge is 2.42. The quantitative estimate of drug-likeness (QED) is 0.625. The van der Waals surface area contributed by atoms with Gasteiger partial charge in [-0.3, -0.25) is 24.6 Å². The van der Waals surface area contributed by atoms with Gasteiger partial charge in [0.1, 0.15) is 0 Å². The second kappa shape index (κ2) is 9.70. The number of ketones is 1. The largest absolute Gasteiger partial charge is 0.381 e. The molecule has 0 aromatic heterocycles. The molecular weight excluding hydrogens is 444 g/mol. The van der Waals surface area contributed by atoms with Crippen LogP contribution in [0.15, 0.2) is 24.3 Å². The number of carbonyl (C=O) groups is 3. The van der Waals surface area contributed by atoms with Crippen LogP contribution in [0.2, 0.25) is 5.02 Å². The molecule has 1 aromatic carbocycles. The Morgan fingerprint density at radius 3 is 2.58 bits per heavy atom. The number of hydrogen-bond donors (Lipinski definition) is 2. The topological polar surface area (TPSA) is 91.0 Å². The zero-order valence-electron chi connectivity index (χ0n) is 18.7. The predicted molar refractivity (Wildman–Crippen MR) is 123 cm³/mol. The minimum Gasteiger partial charge on any atom is -0.381 e. The normalized spacial score (nSPS) is 31.4. The molecule has 9 heteroatoms. The first-order valence-corrected chi connectivity index (χ1v) is 12.3. The number of nitrogens with zero attached hydrogens (tertiary/aromatic N) is 2. The van der Waals surface area contributed by atoms with E-state index in [9.17, 15) is 14.4 Å². The fourth-order valence-corrected chi connectivity index (χ4v) is 5.79. The van der Waals surface area contributed by atoms with Crippen LogP contribution >= 0.6 is 11.6 Å². The van der Waals surface area contributed by atoms with Gasteiger partial charge in [0.15, 0.2) is 5.78 Å². The van der Waals surface area contributed by atoms with E-state index < -0.39 is 0 Å². The van der Waals surface area contributed by atoms with Crippen molar-refractivity contribution in [3.8, 4) is 0 Å². The molecule has 2 N–H and O–H groups in total. The molecule has 178 valence electrons. The minimum absolute atomic E-state index is 0.0101. The number of nitrogens with one attached hydrogen (secondary N) is 2. The van der Waals surface area contributed by atoms with Crippen LogP contribution < -0.4 is 10.6 Å². The first kappa shape index (κ1) is 22.8. The van der Waals surface area contributed by atoms with Gasteiger partial charge in [0.05, 0.1) is 31.3 Å². The van der Waals surface area contributed by atoms with Gasteiger partial charge in [0.2, 0.25) is 11.8 Å². The maximum atomic E-state index is 13.2. The van der Waals surface area contributed by atoms with E-state index >= 15 is 0 Å². The van der Waals surface area contributed by atoms with Crippen LogP contribution in [0.25, 0.3) is 0 Å². The Kier molecular flexibility index (Phi) is 6.69. The van der Waals surface area contributed by atoms with Crippen molar-refractivity contribution >= 4 is 29.2 Å². The summed E-state index contributed by atoms with van der Waals surface area (Å²) < 4.78 is 5.43. The Bertz CT molecular complexity index is 902. The molecule has 4 heterocycles. The zero-order chi connectivity index (χ0) is 22.9. The van der Waals surface area contributed by atoms with Crippen LogP contribution in [-0.4, -0.2) is 85.0 Å². The van der Waals surface area contributed by atoms with Crippen LogP contribution in [0.3, 0.4) is 0 Å². The molecule has 1 aromatic rings. The highest BCUT2D eigenvalue weighted by atomic mass is 35.5. The van der Waals surface area contributed by atoms with Crippen LogP contribution in [0.1, 0.15) is 36.0 Å². The van der Waals surface area contributed by atoms with Gasteiger partial charge in [-0.15, -0.1) is 0 Å². The molecule has 4 aliphatic rings. The summed E-state index contributed by atoms with van der Waals surface area (Å²) in [7, 11) is 0. The third-order valence-electron chi connectivity index (χ3n) is 7.57. The summed E-state index contributed by atoms with van der Waals surface area (Å²) >= 11 is 5.93. The lowest BCUT2D eigenvalue weighted by molar-refractivity contribution is -0.138. The summed E-state index contributed by atoms with van der Waals surface area (Å²) in [6, 6.07) is 7.06. The molecule has 4 atom stereocenters. The Labute approximate surface area is 198 Å². The van der Waals surface area contributed by atoms with E-state index in [0.717, 1.165) is 38.8 Å². The van der Waals surface area contributed by atoms with Crippen LogP contribution in [0, 0.1) is 11.8 Å². The van der Waals surface area contributed by atoms with Gasteiger partial charge >= 0.3 is 0 Å². The lowest BCUT2D eigenvalue weighted by Crippen LogP contribution is -2.66. The van der Waals surface area contributed by atoms with E-state index in [0.29, 0.717) is 36.9 Å². The van der Waals surface area contributed by atoms with Gasteiger partial charge in [-0.05, 0) is 63.0 Å².